The Labute approximate surface area is 176 Å². The number of ketones is 1. The molecule has 0 N–H and O–H groups in total. The number of hydrogen-bond acceptors (Lipinski definition) is 3. The maximum absolute atomic E-state index is 13.1. The van der Waals surface area contributed by atoms with Gasteiger partial charge in [0.15, 0.2) is 0 Å². The molecule has 148 valence electrons. The summed E-state index contributed by atoms with van der Waals surface area (Å²) in [6.07, 6.45) is 2.27. The van der Waals surface area contributed by atoms with E-state index >= 15 is 0 Å². The lowest BCUT2D eigenvalue weighted by Crippen LogP contribution is -2.19. The van der Waals surface area contributed by atoms with E-state index in [0.29, 0.717) is 12.0 Å². The van der Waals surface area contributed by atoms with E-state index in [2.05, 4.69) is 11.8 Å². The van der Waals surface area contributed by atoms with Gasteiger partial charge in [-0.05, 0) is 35.6 Å². The predicted octanol–water partition coefficient (Wildman–Crippen LogP) is 4.84. The van der Waals surface area contributed by atoms with E-state index < -0.39 is 11.7 Å². The van der Waals surface area contributed by atoms with Crippen LogP contribution in [0.4, 0.5) is 0 Å². The Balaban J connectivity index is 1.99. The van der Waals surface area contributed by atoms with Gasteiger partial charge >= 0.3 is 0 Å². The summed E-state index contributed by atoms with van der Waals surface area (Å²) in [5, 5.41) is 11.4. The summed E-state index contributed by atoms with van der Waals surface area (Å²) in [7, 11) is 0. The molecule has 0 amide bonds. The van der Waals surface area contributed by atoms with Gasteiger partial charge in [-0.2, -0.15) is 0 Å². The molecule has 3 aromatic rings. The first kappa shape index (κ1) is 20.8. The third-order valence-electron chi connectivity index (χ3n) is 4.67. The van der Waals surface area contributed by atoms with E-state index in [9.17, 15) is 14.9 Å². The highest BCUT2D eigenvalue weighted by atomic mass is 16.6. The monoisotopic (exact) mass is 395 g/mol. The average Bonchev–Trinajstić information content (AvgIpc) is 2.79. The molecule has 0 saturated carbocycles. The molecule has 0 spiro atoms. The summed E-state index contributed by atoms with van der Waals surface area (Å²) in [6, 6.07) is 28.0. The Morgan fingerprint density at radius 1 is 0.900 bits per heavy atom. The minimum Gasteiger partial charge on any atom is -0.280 e. The zero-order valence-electron chi connectivity index (χ0n) is 16.4. The SMILES string of the molecule is O=C(C#Cc1ccccc1)/C(=C/Cc1ccccc1)C(C[N+](=O)[O-])c1ccccc1. The lowest BCUT2D eigenvalue weighted by atomic mass is 9.87. The van der Waals surface area contributed by atoms with Crippen molar-refractivity contribution in [2.45, 2.75) is 12.3 Å². The van der Waals surface area contributed by atoms with Gasteiger partial charge < -0.3 is 0 Å². The third-order valence-corrected chi connectivity index (χ3v) is 4.67. The first-order valence-electron chi connectivity index (χ1n) is 9.65. The van der Waals surface area contributed by atoms with Gasteiger partial charge in [0.2, 0.25) is 12.3 Å². The highest BCUT2D eigenvalue weighted by molar-refractivity contribution is 6.09. The highest BCUT2D eigenvalue weighted by Crippen LogP contribution is 2.26. The van der Waals surface area contributed by atoms with Crippen molar-refractivity contribution in [3.63, 3.8) is 0 Å². The number of nitro groups is 1. The number of Topliss-reactive ketones (excluding diaryl/α,β-unsaturated/α-hetero) is 1. The Kier molecular flexibility index (Phi) is 7.29. The normalized spacial score (nSPS) is 11.8. The van der Waals surface area contributed by atoms with Crippen LogP contribution in [0.15, 0.2) is 103 Å². The Morgan fingerprint density at radius 3 is 2.07 bits per heavy atom. The first-order valence-corrected chi connectivity index (χ1v) is 9.65. The lowest BCUT2D eigenvalue weighted by Gasteiger charge is -2.15. The minimum absolute atomic E-state index is 0.352. The zero-order valence-corrected chi connectivity index (χ0v) is 16.4. The number of carbonyl (C=O) groups excluding carboxylic acids is 1. The van der Waals surface area contributed by atoms with Gasteiger partial charge in [0, 0.05) is 16.1 Å². The molecule has 1 atom stereocenters. The van der Waals surface area contributed by atoms with Crippen LogP contribution in [0.25, 0.3) is 0 Å². The number of carbonyl (C=O) groups is 1. The van der Waals surface area contributed by atoms with Crippen LogP contribution in [0.5, 0.6) is 0 Å². The molecule has 0 aliphatic carbocycles. The minimum atomic E-state index is -0.664. The second-order valence-corrected chi connectivity index (χ2v) is 6.77. The molecule has 0 aliphatic rings. The molecule has 3 aromatic carbocycles. The van der Waals surface area contributed by atoms with Crippen molar-refractivity contribution >= 4 is 5.78 Å². The lowest BCUT2D eigenvalue weighted by molar-refractivity contribution is -0.481. The Morgan fingerprint density at radius 2 is 1.47 bits per heavy atom. The van der Waals surface area contributed by atoms with Crippen molar-refractivity contribution in [3.8, 4) is 11.8 Å². The quantitative estimate of drug-likeness (QED) is 0.249. The number of benzene rings is 3. The molecule has 4 nitrogen and oxygen atoms in total. The van der Waals surface area contributed by atoms with E-state index in [-0.39, 0.29) is 11.5 Å². The van der Waals surface area contributed by atoms with Crippen molar-refractivity contribution in [2.24, 2.45) is 0 Å². The van der Waals surface area contributed by atoms with E-state index in [1.165, 1.54) is 0 Å². The second kappa shape index (κ2) is 10.5. The summed E-state index contributed by atoms with van der Waals surface area (Å²) in [4.78, 5) is 24.1. The van der Waals surface area contributed by atoms with Crippen LogP contribution in [0.1, 0.15) is 22.6 Å². The van der Waals surface area contributed by atoms with Crippen LogP contribution >= 0.6 is 0 Å². The van der Waals surface area contributed by atoms with Gasteiger partial charge in [0.1, 0.15) is 0 Å². The van der Waals surface area contributed by atoms with Crippen molar-refractivity contribution in [3.05, 3.63) is 129 Å². The number of rotatable bonds is 7. The molecule has 0 aromatic heterocycles. The summed E-state index contributed by atoms with van der Waals surface area (Å²) in [5.41, 5.74) is 2.82. The van der Waals surface area contributed by atoms with E-state index in [1.54, 1.807) is 6.08 Å². The largest absolute Gasteiger partial charge is 0.280 e. The van der Waals surface area contributed by atoms with Crippen LogP contribution in [-0.4, -0.2) is 17.3 Å². The van der Waals surface area contributed by atoms with Gasteiger partial charge in [-0.25, -0.2) is 0 Å². The summed E-state index contributed by atoms with van der Waals surface area (Å²) in [6.45, 7) is -0.372. The average molecular weight is 395 g/mol. The zero-order chi connectivity index (χ0) is 21.2. The van der Waals surface area contributed by atoms with E-state index in [0.717, 1.165) is 16.7 Å². The fourth-order valence-corrected chi connectivity index (χ4v) is 3.18. The summed E-state index contributed by atoms with van der Waals surface area (Å²) >= 11 is 0. The van der Waals surface area contributed by atoms with Gasteiger partial charge in [-0.15, -0.1) is 0 Å². The molecule has 1 unspecified atom stereocenters. The molecule has 0 aliphatic heterocycles. The van der Waals surface area contributed by atoms with Crippen molar-refractivity contribution < 1.29 is 9.72 Å². The molecule has 0 fully saturated rings. The molecule has 0 saturated heterocycles. The smallest absolute Gasteiger partial charge is 0.232 e. The molecule has 30 heavy (non-hydrogen) atoms. The van der Waals surface area contributed by atoms with Gasteiger partial charge in [0.05, 0.1) is 5.92 Å². The van der Waals surface area contributed by atoms with Crippen LogP contribution in [0.3, 0.4) is 0 Å². The fraction of sp³-hybridized carbons (Fsp3) is 0.115. The molecular formula is C26H21NO3. The number of hydrogen-bond donors (Lipinski definition) is 0. The molecular weight excluding hydrogens is 374 g/mol. The first-order chi connectivity index (χ1) is 14.6. The molecule has 0 radical (unpaired) electrons. The molecule has 0 bridgehead atoms. The van der Waals surface area contributed by atoms with E-state index in [4.69, 9.17) is 0 Å². The summed E-state index contributed by atoms with van der Waals surface area (Å²) in [5.74, 6) is 4.49. The van der Waals surface area contributed by atoms with Crippen molar-refractivity contribution in [1.29, 1.82) is 0 Å². The second-order valence-electron chi connectivity index (χ2n) is 6.77. The maximum Gasteiger partial charge on any atom is 0.232 e. The standard InChI is InChI=1S/C26H21NO3/c28-26(19-17-22-12-6-2-7-13-22)24(18-16-21-10-4-1-5-11-21)25(20-27(29)30)23-14-8-3-9-15-23/h1-15,18,25H,16,20H2/b24-18+. The molecule has 4 heteroatoms. The van der Waals surface area contributed by atoms with Gasteiger partial charge in [-0.3, -0.25) is 14.9 Å². The van der Waals surface area contributed by atoms with Crippen LogP contribution in [0.2, 0.25) is 0 Å². The van der Waals surface area contributed by atoms with Gasteiger partial charge in [0.25, 0.3) is 0 Å². The Hall–Kier alpha value is -3.97. The number of nitrogens with zero attached hydrogens (tertiary/aromatic N) is 1. The maximum atomic E-state index is 13.1. The third kappa shape index (κ3) is 6.02. The topological polar surface area (TPSA) is 60.2 Å². The van der Waals surface area contributed by atoms with Crippen molar-refractivity contribution in [1.82, 2.24) is 0 Å². The molecule has 3 rings (SSSR count). The van der Waals surface area contributed by atoms with Crippen molar-refractivity contribution in [2.75, 3.05) is 6.54 Å². The number of allylic oxidation sites excluding steroid dienone is 1. The molecule has 0 heterocycles. The van der Waals surface area contributed by atoms with Crippen LogP contribution in [0, 0.1) is 22.0 Å². The summed E-state index contributed by atoms with van der Waals surface area (Å²) < 4.78 is 0. The highest BCUT2D eigenvalue weighted by Gasteiger charge is 2.26. The fourth-order valence-electron chi connectivity index (χ4n) is 3.18. The van der Waals surface area contributed by atoms with Gasteiger partial charge in [-0.1, -0.05) is 90.9 Å². The predicted molar refractivity (Wildman–Crippen MR) is 118 cm³/mol. The van der Waals surface area contributed by atoms with Crippen LogP contribution in [-0.2, 0) is 11.2 Å². The van der Waals surface area contributed by atoms with Crippen LogP contribution < -0.4 is 0 Å². The Bertz CT molecular complexity index is 1080. The van der Waals surface area contributed by atoms with E-state index in [1.807, 2.05) is 91.0 Å².